The van der Waals surface area contributed by atoms with Gasteiger partial charge in [-0.05, 0) is 31.5 Å². The van der Waals surface area contributed by atoms with Gasteiger partial charge in [0.25, 0.3) is 0 Å². The second kappa shape index (κ2) is 6.97. The molecule has 6 heteroatoms. The Labute approximate surface area is 140 Å². The molecule has 1 atom stereocenters. The Morgan fingerprint density at radius 1 is 1.33 bits per heavy atom. The lowest BCUT2D eigenvalue weighted by Crippen LogP contribution is -2.23. The number of hydrogen-bond acceptors (Lipinski definition) is 5. The first-order valence-electron chi connectivity index (χ1n) is 7.89. The van der Waals surface area contributed by atoms with Gasteiger partial charge in [0.2, 0.25) is 5.76 Å². The van der Waals surface area contributed by atoms with Crippen molar-refractivity contribution in [3.05, 3.63) is 47.4 Å². The van der Waals surface area contributed by atoms with E-state index >= 15 is 0 Å². The van der Waals surface area contributed by atoms with Crippen molar-refractivity contribution in [2.75, 3.05) is 20.8 Å². The molecular formula is C18H21NO5. The summed E-state index contributed by atoms with van der Waals surface area (Å²) in [5.74, 6) is 0.523. The van der Waals surface area contributed by atoms with Crippen molar-refractivity contribution >= 4 is 5.97 Å². The first-order valence-corrected chi connectivity index (χ1v) is 7.89. The quantitative estimate of drug-likeness (QED) is 0.875. The van der Waals surface area contributed by atoms with Gasteiger partial charge in [-0.1, -0.05) is 6.07 Å². The third-order valence-corrected chi connectivity index (χ3v) is 4.48. The molecule has 128 valence electrons. The number of nitrogens with zero attached hydrogens (tertiary/aromatic N) is 1. The van der Waals surface area contributed by atoms with Crippen LogP contribution in [-0.4, -0.2) is 36.7 Å². The van der Waals surface area contributed by atoms with Crippen molar-refractivity contribution < 1.29 is 23.8 Å². The van der Waals surface area contributed by atoms with Crippen LogP contribution < -0.4 is 9.47 Å². The van der Waals surface area contributed by atoms with Crippen LogP contribution in [0, 0.1) is 0 Å². The van der Waals surface area contributed by atoms with Gasteiger partial charge >= 0.3 is 5.97 Å². The van der Waals surface area contributed by atoms with E-state index in [2.05, 4.69) is 4.90 Å². The normalized spacial score (nSPS) is 17.8. The van der Waals surface area contributed by atoms with Crippen LogP contribution in [0.5, 0.6) is 11.5 Å². The molecule has 1 saturated heterocycles. The van der Waals surface area contributed by atoms with Gasteiger partial charge in [-0.3, -0.25) is 4.90 Å². The van der Waals surface area contributed by atoms with E-state index in [0.29, 0.717) is 12.1 Å². The summed E-state index contributed by atoms with van der Waals surface area (Å²) in [6.45, 7) is 1.45. The van der Waals surface area contributed by atoms with E-state index in [-0.39, 0.29) is 11.8 Å². The van der Waals surface area contributed by atoms with Crippen molar-refractivity contribution in [1.29, 1.82) is 0 Å². The second-order valence-corrected chi connectivity index (χ2v) is 5.82. The van der Waals surface area contributed by atoms with Crippen molar-refractivity contribution in [3.63, 3.8) is 0 Å². The molecule has 1 aromatic heterocycles. The van der Waals surface area contributed by atoms with E-state index in [4.69, 9.17) is 13.9 Å². The molecule has 1 aromatic carbocycles. The van der Waals surface area contributed by atoms with Gasteiger partial charge in [0, 0.05) is 29.8 Å². The molecule has 1 N–H and O–H groups in total. The summed E-state index contributed by atoms with van der Waals surface area (Å²) in [5.41, 5.74) is 1.79. The highest BCUT2D eigenvalue weighted by atomic mass is 16.5. The van der Waals surface area contributed by atoms with Crippen LogP contribution >= 0.6 is 0 Å². The molecule has 0 spiro atoms. The molecule has 0 amide bonds. The van der Waals surface area contributed by atoms with Crippen LogP contribution in [0.2, 0.25) is 0 Å². The van der Waals surface area contributed by atoms with Crippen LogP contribution in [-0.2, 0) is 6.54 Å². The average molecular weight is 331 g/mol. The number of methoxy groups -OCH3 is 2. The maximum atomic E-state index is 11.2. The zero-order chi connectivity index (χ0) is 17.1. The lowest BCUT2D eigenvalue weighted by Gasteiger charge is -2.26. The van der Waals surface area contributed by atoms with Crippen LogP contribution in [0.25, 0.3) is 0 Å². The summed E-state index contributed by atoms with van der Waals surface area (Å²) < 4.78 is 15.9. The van der Waals surface area contributed by atoms with E-state index in [1.807, 2.05) is 18.2 Å². The number of furan rings is 1. The van der Waals surface area contributed by atoms with Crippen molar-refractivity contribution in [1.82, 2.24) is 4.90 Å². The van der Waals surface area contributed by atoms with Gasteiger partial charge in [0.05, 0.1) is 20.5 Å². The second-order valence-electron chi connectivity index (χ2n) is 5.82. The van der Waals surface area contributed by atoms with Crippen molar-refractivity contribution in [2.24, 2.45) is 0 Å². The molecule has 0 radical (unpaired) electrons. The lowest BCUT2D eigenvalue weighted by atomic mass is 10.0. The third-order valence-electron chi connectivity index (χ3n) is 4.48. The minimum atomic E-state index is -1.03. The number of hydrogen-bond donors (Lipinski definition) is 1. The van der Waals surface area contributed by atoms with Gasteiger partial charge in [0.15, 0.2) is 0 Å². The first-order chi connectivity index (χ1) is 11.6. The Bertz CT molecular complexity index is 724. The number of carboxylic acid groups (broad SMARTS) is 1. The fourth-order valence-corrected chi connectivity index (χ4v) is 3.33. The molecule has 2 aromatic rings. The van der Waals surface area contributed by atoms with Gasteiger partial charge < -0.3 is 19.0 Å². The number of ether oxygens (including phenoxy) is 2. The molecule has 1 aliphatic rings. The SMILES string of the molecule is COc1ccc(C2CCCN2Cc2ccoc2C(=O)O)c(OC)c1. The molecule has 1 fully saturated rings. The summed E-state index contributed by atoms with van der Waals surface area (Å²) in [5, 5.41) is 9.21. The molecule has 3 rings (SSSR count). The summed E-state index contributed by atoms with van der Waals surface area (Å²) in [6.07, 6.45) is 3.49. The molecule has 0 aliphatic carbocycles. The molecule has 24 heavy (non-hydrogen) atoms. The zero-order valence-electron chi connectivity index (χ0n) is 13.8. The maximum Gasteiger partial charge on any atom is 0.372 e. The molecule has 0 bridgehead atoms. The average Bonchev–Trinajstić information content (AvgIpc) is 3.24. The summed E-state index contributed by atoms with van der Waals surface area (Å²) in [6, 6.07) is 7.74. The Hall–Kier alpha value is -2.47. The fraction of sp³-hybridized carbons (Fsp3) is 0.389. The van der Waals surface area contributed by atoms with Gasteiger partial charge in [-0.2, -0.15) is 0 Å². The lowest BCUT2D eigenvalue weighted by molar-refractivity contribution is 0.0658. The number of likely N-dealkylation sites (tertiary alicyclic amines) is 1. The number of aromatic carboxylic acids is 1. The Morgan fingerprint density at radius 2 is 2.17 bits per heavy atom. The third kappa shape index (κ3) is 3.10. The predicted octanol–water partition coefficient (Wildman–Crippen LogP) is 3.33. The monoisotopic (exact) mass is 331 g/mol. The molecule has 2 heterocycles. The number of benzene rings is 1. The highest BCUT2D eigenvalue weighted by Gasteiger charge is 2.30. The standard InChI is InChI=1S/C18H21NO5/c1-22-13-5-6-14(16(10-13)23-2)15-4-3-8-19(15)11-12-7-9-24-17(12)18(20)21/h5-7,9-10,15H,3-4,8,11H2,1-2H3,(H,20,21). The van der Waals surface area contributed by atoms with E-state index in [9.17, 15) is 9.90 Å². The maximum absolute atomic E-state index is 11.2. The molecule has 0 saturated carbocycles. The Kier molecular flexibility index (Phi) is 4.76. The molecule has 1 unspecified atom stereocenters. The van der Waals surface area contributed by atoms with Crippen LogP contribution in [0.15, 0.2) is 34.9 Å². The number of carboxylic acids is 1. The van der Waals surface area contributed by atoms with E-state index in [1.54, 1.807) is 20.3 Å². The zero-order valence-corrected chi connectivity index (χ0v) is 13.8. The van der Waals surface area contributed by atoms with Crippen molar-refractivity contribution in [2.45, 2.75) is 25.4 Å². The van der Waals surface area contributed by atoms with E-state index in [1.165, 1.54) is 6.26 Å². The summed E-state index contributed by atoms with van der Waals surface area (Å²) in [7, 11) is 3.28. The molecule has 6 nitrogen and oxygen atoms in total. The highest BCUT2D eigenvalue weighted by molar-refractivity contribution is 5.86. The Morgan fingerprint density at radius 3 is 2.88 bits per heavy atom. The largest absolute Gasteiger partial charge is 0.497 e. The molecular weight excluding hydrogens is 310 g/mol. The minimum Gasteiger partial charge on any atom is -0.497 e. The Balaban J connectivity index is 1.86. The van der Waals surface area contributed by atoms with Crippen LogP contribution in [0.1, 0.15) is 40.6 Å². The number of rotatable bonds is 6. The van der Waals surface area contributed by atoms with E-state index < -0.39 is 5.97 Å². The summed E-state index contributed by atoms with van der Waals surface area (Å²) in [4.78, 5) is 13.5. The first kappa shape index (κ1) is 16.4. The van der Waals surface area contributed by atoms with Crippen LogP contribution in [0.3, 0.4) is 0 Å². The van der Waals surface area contributed by atoms with Crippen molar-refractivity contribution in [3.8, 4) is 11.5 Å². The van der Waals surface area contributed by atoms with Gasteiger partial charge in [-0.25, -0.2) is 4.79 Å². The van der Waals surface area contributed by atoms with Gasteiger partial charge in [0.1, 0.15) is 11.5 Å². The fourth-order valence-electron chi connectivity index (χ4n) is 3.33. The highest BCUT2D eigenvalue weighted by Crippen LogP contribution is 2.39. The summed E-state index contributed by atoms with van der Waals surface area (Å²) >= 11 is 0. The smallest absolute Gasteiger partial charge is 0.372 e. The number of carbonyl (C=O) groups is 1. The van der Waals surface area contributed by atoms with Gasteiger partial charge in [-0.15, -0.1) is 0 Å². The minimum absolute atomic E-state index is 0.0161. The predicted molar refractivity (Wildman–Crippen MR) is 87.6 cm³/mol. The van der Waals surface area contributed by atoms with E-state index in [0.717, 1.165) is 36.4 Å². The van der Waals surface area contributed by atoms with Crippen LogP contribution in [0.4, 0.5) is 0 Å². The topological polar surface area (TPSA) is 72.1 Å². The molecule has 1 aliphatic heterocycles.